The lowest BCUT2D eigenvalue weighted by Gasteiger charge is -2.43. The van der Waals surface area contributed by atoms with E-state index in [4.69, 9.17) is 4.98 Å². The van der Waals surface area contributed by atoms with Gasteiger partial charge in [0, 0.05) is 12.2 Å². The number of nitrogens with zero attached hydrogens (tertiary/aromatic N) is 2. The van der Waals surface area contributed by atoms with Gasteiger partial charge in [-0.15, -0.1) is 0 Å². The highest BCUT2D eigenvalue weighted by Gasteiger charge is 2.34. The van der Waals surface area contributed by atoms with Crippen LogP contribution in [0.1, 0.15) is 44.0 Å². The molecular formula is C16H27N3. The highest BCUT2D eigenvalue weighted by Crippen LogP contribution is 2.36. The normalized spacial score (nSPS) is 24.9. The third kappa shape index (κ3) is 3.34. The van der Waals surface area contributed by atoms with Gasteiger partial charge in [-0.05, 0) is 71.3 Å². The lowest BCUT2D eigenvalue weighted by molar-refractivity contribution is 0.0609. The minimum absolute atomic E-state index is 0.460. The van der Waals surface area contributed by atoms with Gasteiger partial charge in [0.05, 0.1) is 11.7 Å². The van der Waals surface area contributed by atoms with Crippen molar-refractivity contribution in [2.45, 2.75) is 45.7 Å². The first-order chi connectivity index (χ1) is 9.13. The van der Waals surface area contributed by atoms with Crippen molar-refractivity contribution in [2.75, 3.05) is 20.1 Å². The van der Waals surface area contributed by atoms with Crippen molar-refractivity contribution in [3.8, 4) is 0 Å². The van der Waals surface area contributed by atoms with Crippen LogP contribution >= 0.6 is 0 Å². The van der Waals surface area contributed by atoms with Crippen LogP contribution in [0, 0.1) is 12.8 Å². The van der Waals surface area contributed by atoms with E-state index in [0.717, 1.165) is 6.54 Å². The summed E-state index contributed by atoms with van der Waals surface area (Å²) in [5, 5.41) is 3.35. The summed E-state index contributed by atoms with van der Waals surface area (Å²) in [4.78, 5) is 7.31. The van der Waals surface area contributed by atoms with Crippen molar-refractivity contribution in [2.24, 2.45) is 5.92 Å². The van der Waals surface area contributed by atoms with E-state index in [1.807, 2.05) is 13.2 Å². The van der Waals surface area contributed by atoms with Crippen LogP contribution in [0.25, 0.3) is 0 Å². The highest BCUT2D eigenvalue weighted by atomic mass is 15.2. The number of hydrogen-bond acceptors (Lipinski definition) is 3. The van der Waals surface area contributed by atoms with E-state index in [0.29, 0.717) is 18.0 Å². The Hall–Kier alpha value is -0.930. The lowest BCUT2D eigenvalue weighted by atomic mass is 9.85. The van der Waals surface area contributed by atoms with Crippen molar-refractivity contribution >= 4 is 0 Å². The van der Waals surface area contributed by atoms with Gasteiger partial charge in [-0.3, -0.25) is 9.88 Å². The Labute approximate surface area is 117 Å². The summed E-state index contributed by atoms with van der Waals surface area (Å²) < 4.78 is 0. The molecule has 2 rings (SSSR count). The standard InChI is InChI=1S/C16H27N3/c1-12(2)19-9-5-6-14(11-17-4)16(19)15-8-7-13(3)10-18-15/h7-8,10,12,14,16-17H,5-6,9,11H2,1-4H3. The van der Waals surface area contributed by atoms with Crippen LogP contribution in [0.5, 0.6) is 0 Å². The van der Waals surface area contributed by atoms with Crippen molar-refractivity contribution in [3.63, 3.8) is 0 Å². The van der Waals surface area contributed by atoms with E-state index in [9.17, 15) is 0 Å². The molecule has 106 valence electrons. The Balaban J connectivity index is 2.28. The zero-order valence-electron chi connectivity index (χ0n) is 12.7. The van der Waals surface area contributed by atoms with Crippen LogP contribution in [-0.2, 0) is 0 Å². The van der Waals surface area contributed by atoms with Crippen LogP contribution in [0.3, 0.4) is 0 Å². The van der Waals surface area contributed by atoms with Crippen molar-refractivity contribution in [1.82, 2.24) is 15.2 Å². The molecule has 1 aliphatic rings. The fourth-order valence-corrected chi connectivity index (χ4v) is 3.22. The number of likely N-dealkylation sites (tertiary alicyclic amines) is 1. The molecule has 0 amide bonds. The monoisotopic (exact) mass is 261 g/mol. The summed E-state index contributed by atoms with van der Waals surface area (Å²) in [7, 11) is 2.05. The summed E-state index contributed by atoms with van der Waals surface area (Å²) in [5.74, 6) is 0.663. The third-order valence-electron chi connectivity index (χ3n) is 4.16. The largest absolute Gasteiger partial charge is 0.319 e. The SMILES string of the molecule is CNCC1CCCN(C(C)C)C1c1ccc(C)cn1. The molecule has 1 saturated heterocycles. The summed E-state index contributed by atoms with van der Waals surface area (Å²) in [6.07, 6.45) is 4.59. The number of hydrogen-bond donors (Lipinski definition) is 1. The summed E-state index contributed by atoms with van der Waals surface area (Å²) in [6, 6.07) is 5.43. The number of aryl methyl sites for hydroxylation is 1. The molecule has 0 aromatic carbocycles. The van der Waals surface area contributed by atoms with E-state index < -0.39 is 0 Å². The molecule has 1 aromatic rings. The molecule has 0 bridgehead atoms. The van der Waals surface area contributed by atoms with Gasteiger partial charge in [-0.2, -0.15) is 0 Å². The fourth-order valence-electron chi connectivity index (χ4n) is 3.22. The number of rotatable bonds is 4. The molecular weight excluding hydrogens is 234 g/mol. The minimum atomic E-state index is 0.460. The fraction of sp³-hybridized carbons (Fsp3) is 0.688. The zero-order chi connectivity index (χ0) is 13.8. The van der Waals surface area contributed by atoms with Crippen LogP contribution < -0.4 is 5.32 Å². The Morgan fingerprint density at radius 1 is 1.42 bits per heavy atom. The van der Waals surface area contributed by atoms with E-state index in [2.05, 4.69) is 43.1 Å². The summed E-state index contributed by atoms with van der Waals surface area (Å²) in [5.41, 5.74) is 2.47. The first-order valence-electron chi connectivity index (χ1n) is 7.46. The van der Waals surface area contributed by atoms with Gasteiger partial charge in [-0.25, -0.2) is 0 Å². The molecule has 3 nitrogen and oxygen atoms in total. The first-order valence-corrected chi connectivity index (χ1v) is 7.46. The molecule has 1 aliphatic heterocycles. The average Bonchev–Trinajstić information content (AvgIpc) is 2.40. The molecule has 0 spiro atoms. The predicted octanol–water partition coefficient (Wildman–Crippen LogP) is 2.77. The van der Waals surface area contributed by atoms with Gasteiger partial charge < -0.3 is 5.32 Å². The van der Waals surface area contributed by atoms with Gasteiger partial charge >= 0.3 is 0 Å². The van der Waals surface area contributed by atoms with E-state index in [1.54, 1.807) is 0 Å². The first kappa shape index (κ1) is 14.5. The Kier molecular flexibility index (Phi) is 4.94. The third-order valence-corrected chi connectivity index (χ3v) is 4.16. The molecule has 2 unspecified atom stereocenters. The quantitative estimate of drug-likeness (QED) is 0.903. The zero-order valence-corrected chi connectivity index (χ0v) is 12.7. The second-order valence-electron chi connectivity index (χ2n) is 6.00. The predicted molar refractivity (Wildman–Crippen MR) is 80.2 cm³/mol. The number of nitrogens with one attached hydrogen (secondary N) is 1. The molecule has 1 fully saturated rings. The minimum Gasteiger partial charge on any atom is -0.319 e. The molecule has 1 N–H and O–H groups in total. The highest BCUT2D eigenvalue weighted by molar-refractivity contribution is 5.17. The van der Waals surface area contributed by atoms with Crippen molar-refractivity contribution in [1.29, 1.82) is 0 Å². The van der Waals surface area contributed by atoms with Crippen molar-refractivity contribution < 1.29 is 0 Å². The topological polar surface area (TPSA) is 28.2 Å². The van der Waals surface area contributed by atoms with Crippen LogP contribution in [-0.4, -0.2) is 36.1 Å². The number of pyridine rings is 1. The molecule has 0 aliphatic carbocycles. The maximum Gasteiger partial charge on any atom is 0.0579 e. The molecule has 0 radical (unpaired) electrons. The Morgan fingerprint density at radius 3 is 2.79 bits per heavy atom. The smallest absolute Gasteiger partial charge is 0.0579 e. The van der Waals surface area contributed by atoms with Crippen molar-refractivity contribution in [3.05, 3.63) is 29.6 Å². The summed E-state index contributed by atoms with van der Waals surface area (Å²) in [6.45, 7) is 8.95. The van der Waals surface area contributed by atoms with Gasteiger partial charge in [0.25, 0.3) is 0 Å². The second kappa shape index (κ2) is 6.49. The molecule has 0 saturated carbocycles. The molecule has 1 aromatic heterocycles. The molecule has 2 atom stereocenters. The molecule has 19 heavy (non-hydrogen) atoms. The maximum atomic E-state index is 4.70. The van der Waals surface area contributed by atoms with Crippen LogP contribution in [0.2, 0.25) is 0 Å². The van der Waals surface area contributed by atoms with Gasteiger partial charge in [-0.1, -0.05) is 6.07 Å². The Morgan fingerprint density at radius 2 is 2.21 bits per heavy atom. The van der Waals surface area contributed by atoms with Gasteiger partial charge in [0.2, 0.25) is 0 Å². The lowest BCUT2D eigenvalue weighted by Crippen LogP contribution is -2.45. The Bertz CT molecular complexity index is 383. The van der Waals surface area contributed by atoms with E-state index in [1.165, 1.54) is 30.6 Å². The number of aromatic nitrogens is 1. The summed E-state index contributed by atoms with van der Waals surface area (Å²) >= 11 is 0. The van der Waals surface area contributed by atoms with Gasteiger partial charge in [0.15, 0.2) is 0 Å². The van der Waals surface area contributed by atoms with Crippen LogP contribution in [0.15, 0.2) is 18.3 Å². The molecule has 2 heterocycles. The molecule has 3 heteroatoms. The van der Waals surface area contributed by atoms with E-state index in [-0.39, 0.29) is 0 Å². The average molecular weight is 261 g/mol. The number of piperidine rings is 1. The van der Waals surface area contributed by atoms with Gasteiger partial charge in [0.1, 0.15) is 0 Å². The maximum absolute atomic E-state index is 4.70. The van der Waals surface area contributed by atoms with Crippen LogP contribution in [0.4, 0.5) is 0 Å². The second-order valence-corrected chi connectivity index (χ2v) is 6.00. The van der Waals surface area contributed by atoms with E-state index >= 15 is 0 Å².